The van der Waals surface area contributed by atoms with Crippen LogP contribution in [-0.2, 0) is 11.3 Å². The summed E-state index contributed by atoms with van der Waals surface area (Å²) in [5, 5.41) is 6.42. The minimum atomic E-state index is -0.507. The standard InChI is InChI=1S/C20H34N4O4/c1-8-21-18(22-11-12-24(5)19(25)28-20(2,3)4)23-14-15-9-10-16(26-6)13-17(15)27-7/h9-10,13H,8,11-12,14H2,1-7H3,(H2,21,22,23). The fourth-order valence-electron chi connectivity index (χ4n) is 2.26. The van der Waals surface area contributed by atoms with Gasteiger partial charge in [-0.25, -0.2) is 9.79 Å². The molecule has 0 aliphatic heterocycles. The molecule has 1 rings (SSSR count). The van der Waals surface area contributed by atoms with E-state index >= 15 is 0 Å². The van der Waals surface area contributed by atoms with Crippen LogP contribution >= 0.6 is 0 Å². The van der Waals surface area contributed by atoms with E-state index in [1.54, 1.807) is 21.3 Å². The number of methoxy groups -OCH3 is 2. The second kappa shape index (κ2) is 11.3. The topological polar surface area (TPSA) is 84.4 Å². The molecule has 0 saturated heterocycles. The predicted molar refractivity (Wildman–Crippen MR) is 111 cm³/mol. The highest BCUT2D eigenvalue weighted by molar-refractivity contribution is 5.79. The molecule has 1 amide bonds. The Hall–Kier alpha value is -2.64. The monoisotopic (exact) mass is 394 g/mol. The zero-order chi connectivity index (χ0) is 21.2. The third kappa shape index (κ3) is 8.37. The molecular weight excluding hydrogens is 360 g/mol. The van der Waals surface area contributed by atoms with Crippen LogP contribution in [0.5, 0.6) is 11.5 Å². The summed E-state index contributed by atoms with van der Waals surface area (Å²) < 4.78 is 16.0. The maximum atomic E-state index is 12.0. The minimum Gasteiger partial charge on any atom is -0.497 e. The van der Waals surface area contributed by atoms with Crippen molar-refractivity contribution in [2.45, 2.75) is 39.8 Å². The Morgan fingerprint density at radius 2 is 1.89 bits per heavy atom. The molecule has 1 aromatic carbocycles. The summed E-state index contributed by atoms with van der Waals surface area (Å²) in [7, 11) is 4.95. The Balaban J connectivity index is 2.64. The van der Waals surface area contributed by atoms with Gasteiger partial charge in [-0.05, 0) is 39.8 Å². The molecule has 158 valence electrons. The van der Waals surface area contributed by atoms with Crippen molar-refractivity contribution in [2.24, 2.45) is 4.99 Å². The Kier molecular flexibility index (Phi) is 9.41. The first kappa shape index (κ1) is 23.4. The lowest BCUT2D eigenvalue weighted by atomic mass is 10.2. The molecule has 0 fully saturated rings. The van der Waals surface area contributed by atoms with Crippen LogP contribution in [0, 0.1) is 0 Å². The molecule has 0 bridgehead atoms. The Labute approximate surface area is 168 Å². The number of hydrogen-bond acceptors (Lipinski definition) is 5. The number of ether oxygens (including phenoxy) is 3. The molecular formula is C20H34N4O4. The van der Waals surface area contributed by atoms with Crippen molar-refractivity contribution in [1.29, 1.82) is 0 Å². The number of nitrogens with one attached hydrogen (secondary N) is 2. The molecule has 0 aliphatic rings. The first-order valence-electron chi connectivity index (χ1n) is 9.37. The number of aliphatic imine (C=N–C) groups is 1. The van der Waals surface area contributed by atoms with E-state index in [-0.39, 0.29) is 6.09 Å². The number of benzene rings is 1. The zero-order valence-corrected chi connectivity index (χ0v) is 18.1. The number of carbonyl (C=O) groups is 1. The van der Waals surface area contributed by atoms with E-state index in [9.17, 15) is 4.79 Å². The van der Waals surface area contributed by atoms with Gasteiger partial charge in [0.05, 0.1) is 20.8 Å². The SMILES string of the molecule is CCNC(=NCc1ccc(OC)cc1OC)NCCN(C)C(=O)OC(C)(C)C. The summed E-state index contributed by atoms with van der Waals surface area (Å²) in [6.07, 6.45) is -0.348. The average Bonchev–Trinajstić information content (AvgIpc) is 2.64. The van der Waals surface area contributed by atoms with E-state index in [0.717, 1.165) is 23.6 Å². The summed E-state index contributed by atoms with van der Waals surface area (Å²) in [5.74, 6) is 2.13. The summed E-state index contributed by atoms with van der Waals surface area (Å²) in [5.41, 5.74) is 0.443. The molecule has 0 spiro atoms. The van der Waals surface area contributed by atoms with E-state index in [0.29, 0.717) is 25.6 Å². The molecule has 0 aliphatic carbocycles. The Morgan fingerprint density at radius 3 is 2.46 bits per heavy atom. The second-order valence-electron chi connectivity index (χ2n) is 7.20. The molecule has 0 saturated carbocycles. The summed E-state index contributed by atoms with van der Waals surface area (Å²) in [6, 6.07) is 5.64. The van der Waals surface area contributed by atoms with Gasteiger partial charge < -0.3 is 29.7 Å². The molecule has 0 atom stereocenters. The molecule has 28 heavy (non-hydrogen) atoms. The van der Waals surface area contributed by atoms with E-state index in [4.69, 9.17) is 14.2 Å². The van der Waals surface area contributed by atoms with Crippen LogP contribution in [0.4, 0.5) is 4.79 Å². The van der Waals surface area contributed by atoms with Crippen molar-refractivity contribution >= 4 is 12.1 Å². The average molecular weight is 395 g/mol. The zero-order valence-electron chi connectivity index (χ0n) is 18.1. The summed E-state index contributed by atoms with van der Waals surface area (Å²) in [4.78, 5) is 18.1. The summed E-state index contributed by atoms with van der Waals surface area (Å²) >= 11 is 0. The van der Waals surface area contributed by atoms with Crippen LogP contribution < -0.4 is 20.1 Å². The van der Waals surface area contributed by atoms with Crippen LogP contribution in [0.15, 0.2) is 23.2 Å². The lowest BCUT2D eigenvalue weighted by Crippen LogP contribution is -2.43. The third-order valence-electron chi connectivity index (χ3n) is 3.69. The van der Waals surface area contributed by atoms with Gasteiger partial charge in [-0.15, -0.1) is 0 Å². The smallest absolute Gasteiger partial charge is 0.410 e. The number of likely N-dealkylation sites (N-methyl/N-ethyl adjacent to an activating group) is 1. The van der Waals surface area contributed by atoms with Crippen molar-refractivity contribution in [3.05, 3.63) is 23.8 Å². The van der Waals surface area contributed by atoms with Gasteiger partial charge in [-0.2, -0.15) is 0 Å². The fourth-order valence-corrected chi connectivity index (χ4v) is 2.26. The van der Waals surface area contributed by atoms with Gasteiger partial charge in [0.1, 0.15) is 17.1 Å². The molecule has 2 N–H and O–H groups in total. The van der Waals surface area contributed by atoms with Gasteiger partial charge in [0.2, 0.25) is 0 Å². The third-order valence-corrected chi connectivity index (χ3v) is 3.69. The first-order valence-corrected chi connectivity index (χ1v) is 9.37. The number of hydrogen-bond donors (Lipinski definition) is 2. The lowest BCUT2D eigenvalue weighted by Gasteiger charge is -2.25. The van der Waals surface area contributed by atoms with E-state index in [1.807, 2.05) is 45.9 Å². The number of rotatable bonds is 8. The number of nitrogens with zero attached hydrogens (tertiary/aromatic N) is 2. The Morgan fingerprint density at radius 1 is 1.18 bits per heavy atom. The summed E-state index contributed by atoms with van der Waals surface area (Å²) in [6.45, 7) is 9.75. The largest absolute Gasteiger partial charge is 0.497 e. The second-order valence-corrected chi connectivity index (χ2v) is 7.20. The van der Waals surface area contributed by atoms with Crippen LogP contribution in [-0.4, -0.2) is 63.5 Å². The number of carbonyl (C=O) groups excluding carboxylic acids is 1. The van der Waals surface area contributed by atoms with Gasteiger partial charge in [0, 0.05) is 38.3 Å². The fraction of sp³-hybridized carbons (Fsp3) is 0.600. The predicted octanol–water partition coefficient (Wildman–Crippen LogP) is 2.63. The van der Waals surface area contributed by atoms with Crippen molar-refractivity contribution in [3.63, 3.8) is 0 Å². The van der Waals surface area contributed by atoms with Gasteiger partial charge in [0.25, 0.3) is 0 Å². The van der Waals surface area contributed by atoms with Gasteiger partial charge in [-0.1, -0.05) is 0 Å². The molecule has 8 nitrogen and oxygen atoms in total. The van der Waals surface area contributed by atoms with Crippen molar-refractivity contribution in [3.8, 4) is 11.5 Å². The van der Waals surface area contributed by atoms with Crippen LogP contribution in [0.3, 0.4) is 0 Å². The maximum absolute atomic E-state index is 12.0. The highest BCUT2D eigenvalue weighted by atomic mass is 16.6. The van der Waals surface area contributed by atoms with Crippen molar-refractivity contribution in [2.75, 3.05) is 40.9 Å². The Bertz CT molecular complexity index is 656. The minimum absolute atomic E-state index is 0.348. The van der Waals surface area contributed by atoms with Crippen LogP contribution in [0.25, 0.3) is 0 Å². The van der Waals surface area contributed by atoms with Gasteiger partial charge >= 0.3 is 6.09 Å². The van der Waals surface area contributed by atoms with E-state index in [1.165, 1.54) is 4.90 Å². The molecule has 0 aromatic heterocycles. The van der Waals surface area contributed by atoms with Crippen molar-refractivity contribution in [1.82, 2.24) is 15.5 Å². The van der Waals surface area contributed by atoms with Gasteiger partial charge in [0.15, 0.2) is 5.96 Å². The molecule has 0 unspecified atom stereocenters. The lowest BCUT2D eigenvalue weighted by molar-refractivity contribution is 0.0302. The molecule has 8 heteroatoms. The van der Waals surface area contributed by atoms with Crippen molar-refractivity contribution < 1.29 is 19.0 Å². The highest BCUT2D eigenvalue weighted by Crippen LogP contribution is 2.25. The van der Waals surface area contributed by atoms with E-state index < -0.39 is 5.60 Å². The van der Waals surface area contributed by atoms with Crippen LogP contribution in [0.1, 0.15) is 33.3 Å². The molecule has 0 radical (unpaired) electrons. The number of guanidine groups is 1. The maximum Gasteiger partial charge on any atom is 0.410 e. The van der Waals surface area contributed by atoms with Gasteiger partial charge in [-0.3, -0.25) is 0 Å². The molecule has 0 heterocycles. The normalized spacial score (nSPS) is 11.6. The first-order chi connectivity index (χ1) is 13.2. The number of amides is 1. The van der Waals surface area contributed by atoms with Crippen LogP contribution in [0.2, 0.25) is 0 Å². The highest BCUT2D eigenvalue weighted by Gasteiger charge is 2.19. The quantitative estimate of drug-likeness (QED) is 0.521. The molecule has 1 aromatic rings. The van der Waals surface area contributed by atoms with E-state index in [2.05, 4.69) is 15.6 Å².